The summed E-state index contributed by atoms with van der Waals surface area (Å²) < 4.78 is 5.47. The lowest BCUT2D eigenvalue weighted by atomic mass is 10.0. The zero-order chi connectivity index (χ0) is 47.9. The van der Waals surface area contributed by atoms with E-state index in [1.165, 1.54) is 225 Å². The van der Waals surface area contributed by atoms with Crippen LogP contribution >= 0.6 is 0 Å². The van der Waals surface area contributed by atoms with Gasteiger partial charge < -0.3 is 20.3 Å². The summed E-state index contributed by atoms with van der Waals surface area (Å²) in [5.74, 6) is -0.0886. The molecule has 2 atom stereocenters. The first-order chi connectivity index (χ1) is 32.5. The van der Waals surface area contributed by atoms with Crippen molar-refractivity contribution in [3.63, 3.8) is 0 Å². The number of allylic oxidation sites excluding steroid dienone is 3. The fraction of sp³-hybridized carbons (Fsp3) is 0.900. The fourth-order valence-electron chi connectivity index (χ4n) is 9.16. The van der Waals surface area contributed by atoms with Gasteiger partial charge in [-0.15, -0.1) is 0 Å². The molecule has 0 fully saturated rings. The van der Waals surface area contributed by atoms with Gasteiger partial charge in [-0.25, -0.2) is 0 Å². The van der Waals surface area contributed by atoms with E-state index >= 15 is 0 Å². The second kappa shape index (κ2) is 55.9. The van der Waals surface area contributed by atoms with Crippen molar-refractivity contribution >= 4 is 11.9 Å². The first-order valence-electron chi connectivity index (χ1n) is 29.6. The summed E-state index contributed by atoms with van der Waals surface area (Å²) in [6.45, 7) is 4.89. The number of amides is 1. The number of aliphatic hydroxyl groups excluding tert-OH is 2. The summed E-state index contributed by atoms with van der Waals surface area (Å²) in [6.07, 6.45) is 67.7. The molecule has 66 heavy (non-hydrogen) atoms. The number of unbranched alkanes of at least 4 members (excludes halogenated alkanes) is 42. The first-order valence-corrected chi connectivity index (χ1v) is 29.6. The van der Waals surface area contributed by atoms with Crippen LogP contribution in [0.15, 0.2) is 24.3 Å². The van der Waals surface area contributed by atoms with E-state index in [2.05, 4.69) is 31.3 Å². The Hall–Kier alpha value is -1.66. The van der Waals surface area contributed by atoms with Gasteiger partial charge in [-0.1, -0.05) is 276 Å². The molecule has 0 aromatic carbocycles. The highest BCUT2D eigenvalue weighted by Crippen LogP contribution is 2.17. The number of esters is 1. The maximum Gasteiger partial charge on any atom is 0.305 e. The SMILES string of the molecule is CCCCCCCCCCCCCCCCCCC/C=C/C(O)C(CO)NC(=O)CCCCCCCCC/C=C\CCCCCCOC(=O)CCCCCCCCCCCCCCCCC. The summed E-state index contributed by atoms with van der Waals surface area (Å²) in [5, 5.41) is 23.1. The summed E-state index contributed by atoms with van der Waals surface area (Å²) >= 11 is 0. The third kappa shape index (κ3) is 51.7. The van der Waals surface area contributed by atoms with Crippen molar-refractivity contribution in [3.05, 3.63) is 24.3 Å². The van der Waals surface area contributed by atoms with Crippen LogP contribution in [-0.4, -0.2) is 47.4 Å². The van der Waals surface area contributed by atoms with Crippen molar-refractivity contribution in [3.8, 4) is 0 Å². The second-order valence-corrected chi connectivity index (χ2v) is 20.3. The Morgan fingerprint density at radius 3 is 1.08 bits per heavy atom. The molecule has 0 aliphatic heterocycles. The Balaban J connectivity index is 3.49. The lowest BCUT2D eigenvalue weighted by Gasteiger charge is -2.20. The van der Waals surface area contributed by atoms with Crippen LogP contribution in [0, 0.1) is 0 Å². The summed E-state index contributed by atoms with van der Waals surface area (Å²) in [4.78, 5) is 24.5. The minimum absolute atomic E-state index is 0.00793. The number of rotatable bonds is 55. The highest BCUT2D eigenvalue weighted by Gasteiger charge is 2.18. The van der Waals surface area contributed by atoms with Crippen LogP contribution < -0.4 is 5.32 Å². The molecule has 0 spiro atoms. The van der Waals surface area contributed by atoms with E-state index in [-0.39, 0.29) is 18.5 Å². The van der Waals surface area contributed by atoms with Gasteiger partial charge in [-0.2, -0.15) is 0 Å². The van der Waals surface area contributed by atoms with E-state index in [9.17, 15) is 19.8 Å². The highest BCUT2D eigenvalue weighted by molar-refractivity contribution is 5.76. The first kappa shape index (κ1) is 64.3. The van der Waals surface area contributed by atoms with E-state index in [0.717, 1.165) is 70.6 Å². The predicted molar refractivity (Wildman–Crippen MR) is 287 cm³/mol. The Morgan fingerprint density at radius 1 is 0.409 bits per heavy atom. The zero-order valence-electron chi connectivity index (χ0n) is 44.4. The van der Waals surface area contributed by atoms with Crippen LogP contribution in [0.5, 0.6) is 0 Å². The number of hydrogen-bond donors (Lipinski definition) is 3. The molecule has 0 heterocycles. The third-order valence-corrected chi connectivity index (χ3v) is 13.7. The second-order valence-electron chi connectivity index (χ2n) is 20.3. The smallest absolute Gasteiger partial charge is 0.305 e. The molecular formula is C60H115NO5. The lowest BCUT2D eigenvalue weighted by Crippen LogP contribution is -2.45. The molecule has 390 valence electrons. The predicted octanol–water partition coefficient (Wildman–Crippen LogP) is 18.2. The Kier molecular flexibility index (Phi) is 54.5. The number of ether oxygens (including phenoxy) is 1. The van der Waals surface area contributed by atoms with E-state index < -0.39 is 12.1 Å². The molecule has 0 aliphatic rings. The van der Waals surface area contributed by atoms with Gasteiger partial charge in [0.05, 0.1) is 25.4 Å². The maximum absolute atomic E-state index is 12.5. The average molecular weight is 931 g/mol. The van der Waals surface area contributed by atoms with Gasteiger partial charge in [0.2, 0.25) is 5.91 Å². The molecular weight excluding hydrogens is 815 g/mol. The topological polar surface area (TPSA) is 95.9 Å². The molecule has 0 saturated carbocycles. The molecule has 0 rings (SSSR count). The molecule has 0 bridgehead atoms. The van der Waals surface area contributed by atoms with Crippen molar-refractivity contribution in [2.45, 2.75) is 334 Å². The lowest BCUT2D eigenvalue weighted by molar-refractivity contribution is -0.143. The maximum atomic E-state index is 12.5. The Bertz CT molecular complexity index is 1030. The van der Waals surface area contributed by atoms with Crippen LogP contribution in [-0.2, 0) is 14.3 Å². The van der Waals surface area contributed by atoms with E-state index in [0.29, 0.717) is 19.4 Å². The molecule has 0 saturated heterocycles. The van der Waals surface area contributed by atoms with Crippen LogP contribution in [0.2, 0.25) is 0 Å². The van der Waals surface area contributed by atoms with Gasteiger partial charge in [0.1, 0.15) is 0 Å². The van der Waals surface area contributed by atoms with Gasteiger partial charge in [-0.3, -0.25) is 9.59 Å². The molecule has 0 aromatic heterocycles. The number of carbonyl (C=O) groups excluding carboxylic acids is 2. The van der Waals surface area contributed by atoms with Crippen LogP contribution in [0.25, 0.3) is 0 Å². The molecule has 0 aromatic rings. The highest BCUT2D eigenvalue weighted by atomic mass is 16.5. The van der Waals surface area contributed by atoms with Crippen LogP contribution in [0.3, 0.4) is 0 Å². The van der Waals surface area contributed by atoms with Crippen molar-refractivity contribution in [2.75, 3.05) is 13.2 Å². The fourth-order valence-corrected chi connectivity index (χ4v) is 9.16. The zero-order valence-corrected chi connectivity index (χ0v) is 44.4. The van der Waals surface area contributed by atoms with Gasteiger partial charge in [0, 0.05) is 12.8 Å². The number of hydrogen-bond acceptors (Lipinski definition) is 5. The number of nitrogens with one attached hydrogen (secondary N) is 1. The van der Waals surface area contributed by atoms with Crippen molar-refractivity contribution in [2.24, 2.45) is 0 Å². The normalized spacial score (nSPS) is 12.7. The standard InChI is InChI=1S/C60H115NO5/c1-3-5-7-9-11-13-15-17-19-20-21-22-25-28-32-36-40-44-48-52-58(63)57(56-62)61-59(64)53-49-45-41-37-33-29-26-23-27-31-35-39-43-47-51-55-66-60(65)54-50-46-42-38-34-30-24-18-16-14-12-10-8-6-4-2/h27,31,48,52,57-58,62-63H,3-26,28-30,32-47,49-51,53-56H2,1-2H3,(H,61,64)/b31-27-,52-48+. The molecule has 6 nitrogen and oxygen atoms in total. The largest absolute Gasteiger partial charge is 0.466 e. The molecule has 1 amide bonds. The van der Waals surface area contributed by atoms with E-state index in [1.807, 2.05) is 6.08 Å². The summed E-state index contributed by atoms with van der Waals surface area (Å²) in [6, 6.07) is -0.639. The van der Waals surface area contributed by atoms with Crippen molar-refractivity contribution in [1.82, 2.24) is 5.32 Å². The monoisotopic (exact) mass is 930 g/mol. The van der Waals surface area contributed by atoms with Crippen molar-refractivity contribution < 1.29 is 24.5 Å². The van der Waals surface area contributed by atoms with Gasteiger partial charge in [-0.05, 0) is 57.8 Å². The Labute approximate surface area is 411 Å². The molecule has 0 aliphatic carbocycles. The summed E-state index contributed by atoms with van der Waals surface area (Å²) in [5.41, 5.74) is 0. The van der Waals surface area contributed by atoms with Crippen LogP contribution in [0.1, 0.15) is 322 Å². The molecule has 6 heteroatoms. The Morgan fingerprint density at radius 2 is 0.712 bits per heavy atom. The third-order valence-electron chi connectivity index (χ3n) is 13.7. The van der Waals surface area contributed by atoms with Crippen molar-refractivity contribution in [1.29, 1.82) is 0 Å². The van der Waals surface area contributed by atoms with Gasteiger partial charge in [0.25, 0.3) is 0 Å². The minimum Gasteiger partial charge on any atom is -0.466 e. The molecule has 0 radical (unpaired) electrons. The summed E-state index contributed by atoms with van der Waals surface area (Å²) in [7, 11) is 0. The number of carbonyl (C=O) groups is 2. The average Bonchev–Trinajstić information content (AvgIpc) is 3.32. The van der Waals surface area contributed by atoms with Gasteiger partial charge >= 0.3 is 5.97 Å². The minimum atomic E-state index is -0.854. The quantitative estimate of drug-likeness (QED) is 0.0321. The molecule has 2 unspecified atom stereocenters. The molecule has 3 N–H and O–H groups in total. The number of aliphatic hydroxyl groups is 2. The van der Waals surface area contributed by atoms with E-state index in [4.69, 9.17) is 4.74 Å². The van der Waals surface area contributed by atoms with E-state index in [1.54, 1.807) is 6.08 Å². The van der Waals surface area contributed by atoms with Gasteiger partial charge in [0.15, 0.2) is 0 Å². The van der Waals surface area contributed by atoms with Crippen LogP contribution in [0.4, 0.5) is 0 Å².